The maximum Gasteiger partial charge on any atom is 0.136 e. The van der Waals surface area contributed by atoms with Crippen LogP contribution < -0.4 is 0 Å². The third kappa shape index (κ3) is 2.36. The number of rotatable bonds is 2. The van der Waals surface area contributed by atoms with Crippen molar-refractivity contribution in [2.24, 2.45) is 0 Å². The first-order valence-electron chi connectivity index (χ1n) is 3.83. The minimum Gasteiger partial charge on any atom is -0.207 e. The van der Waals surface area contributed by atoms with Gasteiger partial charge in [-0.2, -0.15) is 5.26 Å². The molecule has 14 heavy (non-hydrogen) atoms. The Labute approximate surface area is 79.1 Å². The van der Waals surface area contributed by atoms with Gasteiger partial charge in [0.05, 0.1) is 12.5 Å². The summed E-state index contributed by atoms with van der Waals surface area (Å²) in [7, 11) is 0. The summed E-state index contributed by atoms with van der Waals surface area (Å²) in [6.45, 7) is 0. The molecule has 0 saturated carbocycles. The SMILES string of the molecule is N#CCC=Cc1c(F)cc(F)cc1F. The fourth-order valence-electron chi connectivity index (χ4n) is 0.942. The Morgan fingerprint density at radius 2 is 1.79 bits per heavy atom. The van der Waals surface area contributed by atoms with Crippen molar-refractivity contribution in [3.63, 3.8) is 0 Å². The van der Waals surface area contributed by atoms with Gasteiger partial charge in [-0.15, -0.1) is 0 Å². The number of allylic oxidation sites excluding steroid dienone is 1. The Kier molecular flexibility index (Phi) is 3.29. The second-order valence-corrected chi connectivity index (χ2v) is 2.55. The summed E-state index contributed by atoms with van der Waals surface area (Å²) < 4.78 is 38.3. The van der Waals surface area contributed by atoms with E-state index in [1.165, 1.54) is 6.08 Å². The van der Waals surface area contributed by atoms with Crippen LogP contribution in [0, 0.1) is 28.8 Å². The predicted octanol–water partition coefficient (Wildman–Crippen LogP) is 3.03. The lowest BCUT2D eigenvalue weighted by atomic mass is 10.1. The molecule has 0 spiro atoms. The van der Waals surface area contributed by atoms with E-state index in [9.17, 15) is 13.2 Å². The molecule has 0 fully saturated rings. The molecule has 4 heteroatoms. The third-order valence-corrected chi connectivity index (χ3v) is 1.54. The van der Waals surface area contributed by atoms with E-state index in [-0.39, 0.29) is 12.0 Å². The summed E-state index contributed by atoms with van der Waals surface area (Å²) in [5, 5.41) is 8.18. The van der Waals surface area contributed by atoms with Crippen LogP contribution in [-0.4, -0.2) is 0 Å². The maximum atomic E-state index is 12.9. The zero-order valence-electron chi connectivity index (χ0n) is 7.10. The highest BCUT2D eigenvalue weighted by molar-refractivity contribution is 5.51. The molecule has 0 radical (unpaired) electrons. The molecular weight excluding hydrogens is 191 g/mol. The van der Waals surface area contributed by atoms with Gasteiger partial charge in [0.15, 0.2) is 0 Å². The van der Waals surface area contributed by atoms with E-state index in [1.807, 2.05) is 0 Å². The van der Waals surface area contributed by atoms with Crippen molar-refractivity contribution in [2.45, 2.75) is 6.42 Å². The van der Waals surface area contributed by atoms with Crippen molar-refractivity contribution >= 4 is 6.08 Å². The number of benzene rings is 1. The zero-order chi connectivity index (χ0) is 10.6. The number of nitrogens with zero attached hydrogens (tertiary/aromatic N) is 1. The van der Waals surface area contributed by atoms with E-state index < -0.39 is 17.5 Å². The fraction of sp³-hybridized carbons (Fsp3) is 0.100. The Balaban J connectivity index is 3.04. The molecular formula is C10H6F3N. The van der Waals surface area contributed by atoms with Crippen LogP contribution in [0.15, 0.2) is 18.2 Å². The molecule has 0 atom stereocenters. The quantitative estimate of drug-likeness (QED) is 0.714. The van der Waals surface area contributed by atoms with Gasteiger partial charge in [0.25, 0.3) is 0 Å². The van der Waals surface area contributed by atoms with Gasteiger partial charge >= 0.3 is 0 Å². The predicted molar refractivity (Wildman–Crippen MR) is 45.6 cm³/mol. The molecule has 0 aliphatic rings. The first-order chi connectivity index (χ1) is 6.65. The fourth-order valence-corrected chi connectivity index (χ4v) is 0.942. The number of nitriles is 1. The van der Waals surface area contributed by atoms with Gasteiger partial charge in [0, 0.05) is 17.7 Å². The average molecular weight is 197 g/mol. The molecule has 1 rings (SSSR count). The Bertz CT molecular complexity index is 381. The average Bonchev–Trinajstić information content (AvgIpc) is 2.09. The molecule has 0 N–H and O–H groups in total. The van der Waals surface area contributed by atoms with Gasteiger partial charge in [-0.1, -0.05) is 12.2 Å². The number of hydrogen-bond donors (Lipinski definition) is 0. The summed E-state index contributed by atoms with van der Waals surface area (Å²) in [4.78, 5) is 0. The molecule has 0 saturated heterocycles. The summed E-state index contributed by atoms with van der Waals surface area (Å²) in [6.07, 6.45) is 2.48. The Morgan fingerprint density at radius 3 is 2.29 bits per heavy atom. The van der Waals surface area contributed by atoms with Gasteiger partial charge in [-0.25, -0.2) is 13.2 Å². The van der Waals surface area contributed by atoms with Crippen LogP contribution in [-0.2, 0) is 0 Å². The standard InChI is InChI=1S/C10H6F3N/c11-7-5-9(12)8(10(13)6-7)3-1-2-4-14/h1,3,5-6H,2H2. The minimum atomic E-state index is -0.975. The van der Waals surface area contributed by atoms with Gasteiger partial charge in [-0.05, 0) is 0 Å². The Morgan fingerprint density at radius 1 is 1.21 bits per heavy atom. The molecule has 72 valence electrons. The molecule has 1 nitrogen and oxygen atoms in total. The van der Waals surface area contributed by atoms with Crippen molar-refractivity contribution in [2.75, 3.05) is 0 Å². The van der Waals surface area contributed by atoms with Gasteiger partial charge < -0.3 is 0 Å². The highest BCUT2D eigenvalue weighted by atomic mass is 19.1. The van der Waals surface area contributed by atoms with Crippen LogP contribution in [0.5, 0.6) is 0 Å². The largest absolute Gasteiger partial charge is 0.207 e. The van der Waals surface area contributed by atoms with E-state index in [4.69, 9.17) is 5.26 Å². The highest BCUT2D eigenvalue weighted by Gasteiger charge is 2.07. The molecule has 0 bridgehead atoms. The van der Waals surface area contributed by atoms with Crippen LogP contribution in [0.3, 0.4) is 0 Å². The van der Waals surface area contributed by atoms with Crippen molar-refractivity contribution in [3.05, 3.63) is 41.2 Å². The van der Waals surface area contributed by atoms with Crippen molar-refractivity contribution < 1.29 is 13.2 Å². The second-order valence-electron chi connectivity index (χ2n) is 2.55. The molecule has 0 unspecified atom stereocenters. The van der Waals surface area contributed by atoms with Crippen molar-refractivity contribution in [1.29, 1.82) is 5.26 Å². The lowest BCUT2D eigenvalue weighted by Crippen LogP contribution is -1.90. The minimum absolute atomic E-state index is 0.0518. The van der Waals surface area contributed by atoms with E-state index in [2.05, 4.69) is 0 Å². The van der Waals surface area contributed by atoms with Gasteiger partial charge in [-0.3, -0.25) is 0 Å². The summed E-state index contributed by atoms with van der Waals surface area (Å²) in [5.41, 5.74) is -0.332. The van der Waals surface area contributed by atoms with Gasteiger partial charge in [0.1, 0.15) is 17.5 Å². The molecule has 1 aromatic carbocycles. The lowest BCUT2D eigenvalue weighted by molar-refractivity contribution is 0.540. The topological polar surface area (TPSA) is 23.8 Å². The molecule has 1 aromatic rings. The van der Waals surface area contributed by atoms with Crippen molar-refractivity contribution in [1.82, 2.24) is 0 Å². The van der Waals surface area contributed by atoms with E-state index in [1.54, 1.807) is 6.07 Å². The number of halogens is 3. The smallest absolute Gasteiger partial charge is 0.136 e. The van der Waals surface area contributed by atoms with E-state index >= 15 is 0 Å². The monoisotopic (exact) mass is 197 g/mol. The van der Waals surface area contributed by atoms with E-state index in [0.717, 1.165) is 6.08 Å². The molecule has 0 aliphatic carbocycles. The molecule has 0 aromatic heterocycles. The zero-order valence-corrected chi connectivity index (χ0v) is 7.10. The third-order valence-electron chi connectivity index (χ3n) is 1.54. The molecule has 0 heterocycles. The lowest BCUT2D eigenvalue weighted by Gasteiger charge is -1.98. The molecule has 0 aliphatic heterocycles. The highest BCUT2D eigenvalue weighted by Crippen LogP contribution is 2.16. The van der Waals surface area contributed by atoms with Crippen molar-refractivity contribution in [3.8, 4) is 6.07 Å². The first kappa shape index (κ1) is 10.3. The summed E-state index contributed by atoms with van der Waals surface area (Å²) >= 11 is 0. The van der Waals surface area contributed by atoms with Gasteiger partial charge in [0.2, 0.25) is 0 Å². The van der Waals surface area contributed by atoms with Crippen LogP contribution >= 0.6 is 0 Å². The maximum absolute atomic E-state index is 12.9. The van der Waals surface area contributed by atoms with Crippen LogP contribution in [0.25, 0.3) is 6.08 Å². The van der Waals surface area contributed by atoms with Crippen LogP contribution in [0.1, 0.15) is 12.0 Å². The normalized spacial score (nSPS) is 10.4. The van der Waals surface area contributed by atoms with Crippen LogP contribution in [0.4, 0.5) is 13.2 Å². The summed E-state index contributed by atoms with van der Waals surface area (Å²) in [6, 6.07) is 2.97. The van der Waals surface area contributed by atoms with E-state index in [0.29, 0.717) is 12.1 Å². The Hall–Kier alpha value is -1.76. The second kappa shape index (κ2) is 4.47. The first-order valence-corrected chi connectivity index (χ1v) is 3.83. The van der Waals surface area contributed by atoms with Crippen LogP contribution in [0.2, 0.25) is 0 Å². The summed E-state index contributed by atoms with van der Waals surface area (Å²) in [5.74, 6) is -2.91. The molecule has 0 amide bonds. The number of hydrogen-bond acceptors (Lipinski definition) is 1.